The topological polar surface area (TPSA) is 156 Å². The molecule has 0 unspecified atom stereocenters. The maximum absolute atomic E-state index is 9.41. The molecule has 0 aliphatic heterocycles. The molecule has 3 heterocycles. The van der Waals surface area contributed by atoms with Crippen LogP contribution in [-0.2, 0) is 25.9 Å². The summed E-state index contributed by atoms with van der Waals surface area (Å²) in [6.07, 6.45) is 19.0. The number of halogens is 2. The monoisotopic (exact) mass is 941 g/mol. The van der Waals surface area contributed by atoms with Gasteiger partial charge in [0.2, 0.25) is 16.6 Å². The number of fused-ring (bicyclic) bond motifs is 3. The Bertz CT molecular complexity index is 2810. The average molecular weight is 943 g/mol. The highest BCUT2D eigenvalue weighted by molar-refractivity contribution is 5.90. The van der Waals surface area contributed by atoms with E-state index in [-0.39, 0.29) is 37.8 Å². The van der Waals surface area contributed by atoms with Crippen LogP contribution in [0.3, 0.4) is 0 Å². The zero-order valence-electron chi connectivity index (χ0n) is 38.4. The van der Waals surface area contributed by atoms with Crippen molar-refractivity contribution in [2.75, 3.05) is 23.7 Å². The molecule has 9 aromatic rings. The van der Waals surface area contributed by atoms with Crippen LogP contribution in [0.5, 0.6) is 0 Å². The molecule has 0 fully saturated rings. The SMILES string of the molecule is C[n+]1ccc(C=Cc2ccc(N)cc2)c2ccccc21.C[n+]1ccc(C=Cc2ccc(N)cc2)c2ccccc21.C[n+]1ccc(C=Cc2ccc(N)cc2)c2ccccc21.NCCC(=O)[O-].[Cl-].[Cl-]. The van der Waals surface area contributed by atoms with Gasteiger partial charge in [-0.1, -0.05) is 109 Å². The van der Waals surface area contributed by atoms with Gasteiger partial charge in [0, 0.05) is 59.4 Å². The summed E-state index contributed by atoms with van der Waals surface area (Å²) in [6.45, 7) is 0.169. The molecule has 0 amide bonds. The van der Waals surface area contributed by atoms with Crippen LogP contribution in [0.1, 0.15) is 39.8 Å². The number of nitrogen functional groups attached to an aromatic ring is 3. The molecule has 3 aromatic heterocycles. The molecule has 11 heteroatoms. The third-order valence-electron chi connectivity index (χ3n) is 10.7. The lowest BCUT2D eigenvalue weighted by Gasteiger charge is -2.01. The van der Waals surface area contributed by atoms with Crippen molar-refractivity contribution < 1.29 is 48.4 Å². The van der Waals surface area contributed by atoms with E-state index in [9.17, 15) is 9.90 Å². The maximum Gasteiger partial charge on any atom is 0.212 e. The van der Waals surface area contributed by atoms with Crippen molar-refractivity contribution >= 4 is 92.2 Å². The molecule has 346 valence electrons. The minimum Gasteiger partial charge on any atom is -1.00 e. The molecular weight excluding hydrogens is 886 g/mol. The number of aromatic nitrogens is 3. The van der Waals surface area contributed by atoms with E-state index in [0.717, 1.165) is 33.8 Å². The first-order valence-electron chi connectivity index (χ1n) is 21.6. The largest absolute Gasteiger partial charge is 1.00 e. The van der Waals surface area contributed by atoms with Crippen molar-refractivity contribution in [1.29, 1.82) is 0 Å². The van der Waals surface area contributed by atoms with E-state index in [1.54, 1.807) is 0 Å². The molecule has 68 heavy (non-hydrogen) atoms. The predicted octanol–water partition coefficient (Wildman–Crippen LogP) is 2.34. The van der Waals surface area contributed by atoms with E-state index in [4.69, 9.17) is 22.9 Å². The number of aliphatic carboxylic acids is 1. The number of pyridine rings is 3. The normalized spacial score (nSPS) is 10.6. The first-order valence-corrected chi connectivity index (χ1v) is 21.6. The highest BCUT2D eigenvalue weighted by Crippen LogP contribution is 2.21. The van der Waals surface area contributed by atoms with Crippen molar-refractivity contribution in [2.24, 2.45) is 26.9 Å². The minimum atomic E-state index is -1.09. The van der Waals surface area contributed by atoms with Crippen LogP contribution in [0, 0.1) is 0 Å². The summed E-state index contributed by atoms with van der Waals surface area (Å²) >= 11 is 0. The lowest BCUT2D eigenvalue weighted by atomic mass is 10.1. The summed E-state index contributed by atoms with van der Waals surface area (Å²) in [7, 11) is 6.20. The number of carbonyl (C=O) groups excluding carboxylic acids is 1. The molecule has 0 aliphatic rings. The van der Waals surface area contributed by atoms with Crippen LogP contribution in [0.2, 0.25) is 0 Å². The molecule has 0 bridgehead atoms. The van der Waals surface area contributed by atoms with E-state index in [0.29, 0.717) is 0 Å². The third kappa shape index (κ3) is 15.1. The fourth-order valence-corrected chi connectivity index (χ4v) is 7.10. The van der Waals surface area contributed by atoms with E-state index in [1.807, 2.05) is 72.8 Å². The van der Waals surface area contributed by atoms with Gasteiger partial charge in [-0.2, -0.15) is 0 Å². The first-order chi connectivity index (χ1) is 32.0. The highest BCUT2D eigenvalue weighted by Gasteiger charge is 2.09. The number of aryl methyl sites for hydroxylation is 3. The fraction of sp³-hybridized carbons (Fsp3) is 0.0877. The van der Waals surface area contributed by atoms with Crippen molar-refractivity contribution in [3.63, 3.8) is 0 Å². The van der Waals surface area contributed by atoms with Crippen LogP contribution in [0.15, 0.2) is 182 Å². The second-order valence-corrected chi connectivity index (χ2v) is 15.6. The molecule has 0 saturated heterocycles. The summed E-state index contributed by atoms with van der Waals surface area (Å²) in [5.74, 6) is -1.09. The second kappa shape index (κ2) is 26.4. The molecule has 6 aromatic carbocycles. The Kier molecular flexibility index (Phi) is 20.5. The average Bonchev–Trinajstić information content (AvgIpc) is 3.33. The molecule has 0 atom stereocenters. The van der Waals surface area contributed by atoms with Crippen LogP contribution < -0.4 is 66.6 Å². The Labute approximate surface area is 411 Å². The summed E-state index contributed by atoms with van der Waals surface area (Å²) in [4.78, 5) is 9.41. The number of benzene rings is 6. The first kappa shape index (κ1) is 52.8. The Morgan fingerprint density at radius 3 is 0.926 bits per heavy atom. The van der Waals surface area contributed by atoms with E-state index in [2.05, 4.69) is 181 Å². The summed E-state index contributed by atoms with van der Waals surface area (Å²) < 4.78 is 6.40. The second-order valence-electron chi connectivity index (χ2n) is 15.6. The van der Waals surface area contributed by atoms with Crippen molar-refractivity contribution in [3.8, 4) is 0 Å². The van der Waals surface area contributed by atoms with Gasteiger partial charge in [-0.05, 0) is 101 Å². The molecule has 0 saturated carbocycles. The van der Waals surface area contributed by atoms with Crippen LogP contribution in [-0.4, -0.2) is 12.5 Å². The standard InChI is InChI=1S/3C18H16N2.C3H7NO2.2ClH/c3*1-20-13-12-15(17-4-2-3-5-18(17)20)9-6-14-7-10-16(19)11-8-14;4-2-1-3(5)6;;/h3*2-13,19H,1H3;1-2,4H2,(H,5,6);2*1H. The number of carboxylic acid groups (broad SMARTS) is 1. The summed E-state index contributed by atoms with van der Waals surface area (Å²) in [5, 5.41) is 13.2. The number of nitrogens with zero attached hydrogens (tertiary/aromatic N) is 3. The van der Waals surface area contributed by atoms with Crippen LogP contribution in [0.25, 0.3) is 69.2 Å². The summed E-state index contributed by atoms with van der Waals surface area (Å²) in [6, 6.07) is 55.3. The molecule has 9 nitrogen and oxygen atoms in total. The number of hydrogen-bond donors (Lipinski definition) is 4. The third-order valence-corrected chi connectivity index (χ3v) is 10.7. The molecule has 0 radical (unpaired) electrons. The number of para-hydroxylation sites is 3. The van der Waals surface area contributed by atoms with Crippen molar-refractivity contribution in [1.82, 2.24) is 0 Å². The smallest absolute Gasteiger partial charge is 0.212 e. The lowest BCUT2D eigenvalue weighted by Crippen LogP contribution is -3.00. The Hall–Kier alpha value is -7.82. The van der Waals surface area contributed by atoms with Gasteiger partial charge in [0.25, 0.3) is 0 Å². The van der Waals surface area contributed by atoms with Crippen LogP contribution in [0.4, 0.5) is 17.1 Å². The minimum absolute atomic E-state index is 0. The van der Waals surface area contributed by atoms with Crippen molar-refractivity contribution in [3.05, 3.63) is 216 Å². The molecule has 0 aliphatic carbocycles. The quantitative estimate of drug-likeness (QED) is 0.136. The zero-order chi connectivity index (χ0) is 46.8. The van der Waals surface area contributed by atoms with Gasteiger partial charge in [-0.25, -0.2) is 13.7 Å². The molecular formula is C57H57Cl2N7O2. The maximum atomic E-state index is 9.41. The van der Waals surface area contributed by atoms with Crippen molar-refractivity contribution in [2.45, 2.75) is 6.42 Å². The molecule has 8 N–H and O–H groups in total. The van der Waals surface area contributed by atoms with E-state index < -0.39 is 5.97 Å². The number of carbonyl (C=O) groups is 1. The van der Waals surface area contributed by atoms with E-state index in [1.165, 1.54) is 49.4 Å². The number of anilines is 3. The number of rotatable bonds is 8. The van der Waals surface area contributed by atoms with Gasteiger partial charge in [0.15, 0.2) is 18.6 Å². The van der Waals surface area contributed by atoms with Gasteiger partial charge in [-0.3, -0.25) is 0 Å². The number of hydrogen-bond acceptors (Lipinski definition) is 6. The van der Waals surface area contributed by atoms with Crippen LogP contribution >= 0.6 is 0 Å². The Morgan fingerprint density at radius 1 is 0.426 bits per heavy atom. The van der Waals surface area contributed by atoms with E-state index >= 15 is 0 Å². The highest BCUT2D eigenvalue weighted by atomic mass is 35.5. The fourth-order valence-electron chi connectivity index (χ4n) is 7.10. The molecule has 0 spiro atoms. The number of carboxylic acids is 1. The Balaban J connectivity index is 0.000000207. The zero-order valence-corrected chi connectivity index (χ0v) is 39.9. The van der Waals surface area contributed by atoms with Gasteiger partial charge >= 0.3 is 0 Å². The van der Waals surface area contributed by atoms with Gasteiger partial charge in [0.05, 0.1) is 16.2 Å². The van der Waals surface area contributed by atoms with Gasteiger partial charge in [0.1, 0.15) is 21.1 Å². The summed E-state index contributed by atoms with van der Waals surface area (Å²) in [5.41, 5.74) is 35.1. The number of nitrogens with two attached hydrogens (primary N) is 4. The lowest BCUT2D eigenvalue weighted by molar-refractivity contribution is -0.645. The Morgan fingerprint density at radius 2 is 0.691 bits per heavy atom. The van der Waals surface area contributed by atoms with Gasteiger partial charge in [-0.15, -0.1) is 0 Å². The van der Waals surface area contributed by atoms with Gasteiger partial charge < -0.3 is 57.6 Å². The predicted molar refractivity (Wildman–Crippen MR) is 273 cm³/mol. The molecule has 9 rings (SSSR count).